The van der Waals surface area contributed by atoms with Crippen molar-refractivity contribution in [1.82, 2.24) is 0 Å². The molecule has 3 N–H and O–H groups in total. The Labute approximate surface area is 645 Å². The minimum Gasteiger partial charge on any atom is -0.462 e. The first-order valence-electron chi connectivity index (χ1n) is 44.5. The molecule has 0 fully saturated rings. The van der Waals surface area contributed by atoms with E-state index in [1.807, 2.05) is 0 Å². The van der Waals surface area contributed by atoms with Gasteiger partial charge in [0.25, 0.3) is 0 Å². The average molecular weight is 1540 g/mol. The second-order valence-electron chi connectivity index (χ2n) is 31.9. The molecule has 0 spiro atoms. The summed E-state index contributed by atoms with van der Waals surface area (Å²) in [5.41, 5.74) is 0. The molecule has 0 rings (SSSR count). The van der Waals surface area contributed by atoms with E-state index in [0.29, 0.717) is 25.7 Å². The summed E-state index contributed by atoms with van der Waals surface area (Å²) in [7, 11) is -9.93. The predicted molar refractivity (Wildman–Crippen MR) is 432 cm³/mol. The number of hydrogen-bond donors (Lipinski definition) is 3. The zero-order valence-electron chi connectivity index (χ0n) is 69.0. The van der Waals surface area contributed by atoms with Crippen LogP contribution >= 0.6 is 15.6 Å². The number of carbonyl (C=O) groups excluding carboxylic acids is 4. The third-order valence-corrected chi connectivity index (χ3v) is 22.1. The van der Waals surface area contributed by atoms with Crippen LogP contribution in [0.5, 0.6) is 0 Å². The number of ether oxygens (including phenoxy) is 4. The van der Waals surface area contributed by atoms with Gasteiger partial charge in [-0.05, 0) is 37.5 Å². The van der Waals surface area contributed by atoms with Crippen LogP contribution in [-0.4, -0.2) is 96.7 Å². The van der Waals surface area contributed by atoms with Crippen LogP contribution in [0.15, 0.2) is 0 Å². The molecule has 0 aromatic heterocycles. The van der Waals surface area contributed by atoms with E-state index in [9.17, 15) is 43.2 Å². The molecule has 0 saturated heterocycles. The molecule has 0 radical (unpaired) electrons. The van der Waals surface area contributed by atoms with Gasteiger partial charge >= 0.3 is 39.5 Å². The number of hydrogen-bond acceptors (Lipinski definition) is 15. The fourth-order valence-electron chi connectivity index (χ4n) is 13.4. The molecule has 0 aromatic rings. The standard InChI is InChI=1S/C86H168O17P2/c1-7-9-11-13-15-17-19-21-23-24-25-26-27-30-35-39-47-53-59-65-71-86(91)102-81(74-96-83(88)68-62-56-50-44-37-34-31-28-29-32-36-42-48-54-60-66-78(3)4)76-100-104(92,93)98-72-80(87)73-99-105(94,95)101-77-82(75-97-84(89)69-63-57-51-45-41-40-43-49-55-61-67-79(5)6)103-85(90)70-64-58-52-46-38-33-22-20-18-16-14-12-10-8-2/h78-82,87H,7-77H2,1-6H3,(H,92,93)(H,94,95)/t80-,81-,82-/m1/s1. The summed E-state index contributed by atoms with van der Waals surface area (Å²) in [6.07, 6.45) is 69.4. The van der Waals surface area contributed by atoms with E-state index in [2.05, 4.69) is 41.5 Å². The highest BCUT2D eigenvalue weighted by Gasteiger charge is 2.30. The van der Waals surface area contributed by atoms with Crippen molar-refractivity contribution in [3.05, 3.63) is 0 Å². The molecular formula is C86H168O17P2. The van der Waals surface area contributed by atoms with Gasteiger partial charge in [-0.15, -0.1) is 0 Å². The Morgan fingerprint density at radius 2 is 0.438 bits per heavy atom. The van der Waals surface area contributed by atoms with Gasteiger partial charge in [-0.1, -0.05) is 408 Å². The fraction of sp³-hybridized carbons (Fsp3) is 0.953. The lowest BCUT2D eigenvalue weighted by Gasteiger charge is -2.21. The van der Waals surface area contributed by atoms with Crippen LogP contribution in [0.25, 0.3) is 0 Å². The number of aliphatic hydroxyl groups is 1. The highest BCUT2D eigenvalue weighted by atomic mass is 31.2. The van der Waals surface area contributed by atoms with Crippen LogP contribution in [0, 0.1) is 11.8 Å². The molecule has 105 heavy (non-hydrogen) atoms. The maximum Gasteiger partial charge on any atom is 0.472 e. The van der Waals surface area contributed by atoms with E-state index in [1.54, 1.807) is 0 Å². The van der Waals surface area contributed by atoms with Crippen LogP contribution in [0.3, 0.4) is 0 Å². The normalized spacial score (nSPS) is 13.8. The molecule has 624 valence electrons. The lowest BCUT2D eigenvalue weighted by molar-refractivity contribution is -0.161. The molecular weight excluding hydrogens is 1370 g/mol. The first kappa shape index (κ1) is 103. The van der Waals surface area contributed by atoms with Gasteiger partial charge in [-0.25, -0.2) is 9.13 Å². The van der Waals surface area contributed by atoms with E-state index in [1.165, 1.54) is 276 Å². The molecule has 0 aliphatic rings. The van der Waals surface area contributed by atoms with Gasteiger partial charge in [0.15, 0.2) is 12.2 Å². The number of aliphatic hydroxyl groups excluding tert-OH is 1. The molecule has 0 bridgehead atoms. The van der Waals surface area contributed by atoms with Gasteiger partial charge in [0.2, 0.25) is 0 Å². The maximum absolute atomic E-state index is 13.2. The molecule has 2 unspecified atom stereocenters. The van der Waals surface area contributed by atoms with E-state index in [4.69, 9.17) is 37.0 Å². The number of rotatable bonds is 85. The smallest absolute Gasteiger partial charge is 0.462 e. The summed E-state index contributed by atoms with van der Waals surface area (Å²) in [5, 5.41) is 10.7. The Kier molecular flexibility index (Phi) is 76.0. The van der Waals surface area contributed by atoms with Crippen LogP contribution < -0.4 is 0 Å². The van der Waals surface area contributed by atoms with Crippen molar-refractivity contribution in [2.75, 3.05) is 39.6 Å². The minimum atomic E-state index is -4.97. The number of unbranched alkanes of at least 4 members (excludes halogenated alkanes) is 55. The topological polar surface area (TPSA) is 237 Å². The minimum absolute atomic E-state index is 0.108. The Morgan fingerprint density at radius 1 is 0.257 bits per heavy atom. The first-order valence-corrected chi connectivity index (χ1v) is 47.5. The molecule has 19 heteroatoms. The molecule has 0 aromatic carbocycles. The fourth-order valence-corrected chi connectivity index (χ4v) is 15.0. The Bertz CT molecular complexity index is 2010. The molecule has 17 nitrogen and oxygen atoms in total. The lowest BCUT2D eigenvalue weighted by atomic mass is 10.0. The summed E-state index contributed by atoms with van der Waals surface area (Å²) in [6.45, 7) is 9.70. The largest absolute Gasteiger partial charge is 0.472 e. The van der Waals surface area contributed by atoms with Crippen molar-refractivity contribution in [2.24, 2.45) is 11.8 Å². The second kappa shape index (κ2) is 77.4. The third-order valence-electron chi connectivity index (χ3n) is 20.2. The Balaban J connectivity index is 5.26. The highest BCUT2D eigenvalue weighted by molar-refractivity contribution is 7.47. The monoisotopic (exact) mass is 1540 g/mol. The van der Waals surface area contributed by atoms with Gasteiger partial charge in [-0.2, -0.15) is 0 Å². The molecule has 0 aliphatic heterocycles. The van der Waals surface area contributed by atoms with E-state index in [0.717, 1.165) is 102 Å². The summed E-state index contributed by atoms with van der Waals surface area (Å²) in [6, 6.07) is 0. The quantitative estimate of drug-likeness (QED) is 0.0222. The zero-order chi connectivity index (χ0) is 77.1. The highest BCUT2D eigenvalue weighted by Crippen LogP contribution is 2.45. The van der Waals surface area contributed by atoms with Crippen molar-refractivity contribution < 1.29 is 80.2 Å². The molecule has 0 heterocycles. The SMILES string of the molecule is CCCCCCCCCCCCCCCCCCCCCCC(=O)O[C@H](COC(=O)CCCCCCCCCCCCCCCCCC(C)C)COP(=O)(O)OC[C@@H](O)COP(=O)(O)OC[C@@H](COC(=O)CCCCCCCCCCCCC(C)C)OC(=O)CCCCCCCCCCCCCCCC. The number of phosphoric acid groups is 2. The molecule has 0 aliphatic carbocycles. The third kappa shape index (κ3) is 79.9. The molecule has 0 saturated carbocycles. The van der Waals surface area contributed by atoms with Crippen molar-refractivity contribution in [2.45, 2.75) is 477 Å². The number of carbonyl (C=O) groups is 4. The second-order valence-corrected chi connectivity index (χ2v) is 34.8. The summed E-state index contributed by atoms with van der Waals surface area (Å²) < 4.78 is 68.9. The van der Waals surface area contributed by atoms with Crippen LogP contribution in [0.4, 0.5) is 0 Å². The summed E-state index contributed by atoms with van der Waals surface area (Å²) in [5.74, 6) is -0.535. The van der Waals surface area contributed by atoms with Crippen molar-refractivity contribution in [3.8, 4) is 0 Å². The summed E-state index contributed by atoms with van der Waals surface area (Å²) in [4.78, 5) is 73.3. The van der Waals surface area contributed by atoms with E-state index < -0.39 is 97.5 Å². The molecule has 5 atom stereocenters. The van der Waals surface area contributed by atoms with Gasteiger partial charge in [-0.3, -0.25) is 37.3 Å². The van der Waals surface area contributed by atoms with E-state index >= 15 is 0 Å². The Hall–Kier alpha value is -1.94. The number of phosphoric ester groups is 2. The average Bonchev–Trinajstić information content (AvgIpc) is 0.915. The Morgan fingerprint density at radius 3 is 0.648 bits per heavy atom. The predicted octanol–water partition coefficient (Wildman–Crippen LogP) is 26.2. The van der Waals surface area contributed by atoms with E-state index in [-0.39, 0.29) is 25.7 Å². The van der Waals surface area contributed by atoms with Crippen LogP contribution in [0.1, 0.15) is 459 Å². The zero-order valence-corrected chi connectivity index (χ0v) is 70.8. The molecule has 0 amide bonds. The van der Waals surface area contributed by atoms with Gasteiger partial charge in [0.1, 0.15) is 19.3 Å². The maximum atomic E-state index is 13.2. The van der Waals surface area contributed by atoms with Gasteiger partial charge in [0, 0.05) is 25.7 Å². The van der Waals surface area contributed by atoms with Crippen LogP contribution in [-0.2, 0) is 65.4 Å². The number of esters is 4. The van der Waals surface area contributed by atoms with Gasteiger partial charge < -0.3 is 33.8 Å². The summed E-state index contributed by atoms with van der Waals surface area (Å²) >= 11 is 0. The lowest BCUT2D eigenvalue weighted by Crippen LogP contribution is -2.30. The van der Waals surface area contributed by atoms with Crippen molar-refractivity contribution in [1.29, 1.82) is 0 Å². The van der Waals surface area contributed by atoms with Crippen molar-refractivity contribution >= 4 is 39.5 Å². The van der Waals surface area contributed by atoms with Crippen LogP contribution in [0.2, 0.25) is 0 Å². The van der Waals surface area contributed by atoms with Gasteiger partial charge in [0.05, 0.1) is 26.4 Å². The van der Waals surface area contributed by atoms with Crippen molar-refractivity contribution in [3.63, 3.8) is 0 Å². The first-order chi connectivity index (χ1) is 50.9.